The maximum atomic E-state index is 13.6. The number of methoxy groups -OCH3 is 1. The summed E-state index contributed by atoms with van der Waals surface area (Å²) in [5, 5.41) is 11.8. The van der Waals surface area contributed by atoms with Crippen molar-refractivity contribution in [2.75, 3.05) is 20.7 Å². The van der Waals surface area contributed by atoms with Gasteiger partial charge in [-0.1, -0.05) is 15.9 Å². The summed E-state index contributed by atoms with van der Waals surface area (Å²) in [6, 6.07) is 2.31. The number of benzene rings is 1. The maximum Gasteiger partial charge on any atom is 0.286 e. The third-order valence-electron chi connectivity index (χ3n) is 2.06. The molecule has 1 aromatic rings. The number of rotatable bonds is 4. The molecule has 0 aliphatic carbocycles. The number of likely N-dealkylation sites (N-methyl/N-ethyl adjacent to an activating group) is 1. The molecule has 0 spiro atoms. The van der Waals surface area contributed by atoms with Crippen molar-refractivity contribution in [3.63, 3.8) is 0 Å². The van der Waals surface area contributed by atoms with E-state index in [0.29, 0.717) is 0 Å². The third kappa shape index (κ3) is 2.62. The molecule has 0 radical (unpaired) electrons. The molecule has 0 bridgehead atoms. The van der Waals surface area contributed by atoms with Gasteiger partial charge < -0.3 is 15.2 Å². The lowest BCUT2D eigenvalue weighted by Gasteiger charge is -2.18. The molecule has 1 aromatic carbocycles. The quantitative estimate of drug-likeness (QED) is 0.897. The van der Waals surface area contributed by atoms with E-state index in [1.165, 1.54) is 20.2 Å². The van der Waals surface area contributed by atoms with Gasteiger partial charge in [-0.05, 0) is 19.2 Å². The lowest BCUT2D eigenvalue weighted by Crippen LogP contribution is -2.28. The minimum atomic E-state index is -3.06. The fourth-order valence-electron chi connectivity index (χ4n) is 1.30. The Balaban J connectivity index is 3.20. The van der Waals surface area contributed by atoms with Gasteiger partial charge in [0.05, 0.1) is 13.7 Å². The highest BCUT2D eigenvalue weighted by atomic mass is 79.9. The second-order valence-electron chi connectivity index (χ2n) is 3.24. The highest BCUT2D eigenvalue weighted by Gasteiger charge is 2.33. The van der Waals surface area contributed by atoms with Gasteiger partial charge in [-0.15, -0.1) is 0 Å². The van der Waals surface area contributed by atoms with Crippen LogP contribution in [0.5, 0.6) is 11.5 Å². The predicted octanol–water partition coefficient (Wildman–Crippen LogP) is 2.47. The zero-order valence-electron chi connectivity index (χ0n) is 8.85. The van der Waals surface area contributed by atoms with E-state index < -0.39 is 12.5 Å². The van der Waals surface area contributed by atoms with Crippen LogP contribution in [0.1, 0.15) is 5.56 Å². The smallest absolute Gasteiger partial charge is 0.286 e. The Kier molecular flexibility index (Phi) is 4.09. The van der Waals surface area contributed by atoms with E-state index in [9.17, 15) is 13.9 Å². The van der Waals surface area contributed by atoms with Crippen LogP contribution in [0.25, 0.3) is 0 Å². The Morgan fingerprint density at radius 3 is 2.62 bits per heavy atom. The summed E-state index contributed by atoms with van der Waals surface area (Å²) in [4.78, 5) is 0. The van der Waals surface area contributed by atoms with Crippen LogP contribution in [0, 0.1) is 0 Å². The van der Waals surface area contributed by atoms with Crippen molar-refractivity contribution in [3.8, 4) is 11.5 Å². The van der Waals surface area contributed by atoms with Gasteiger partial charge in [0.15, 0.2) is 11.5 Å². The number of hydrogen-bond acceptors (Lipinski definition) is 3. The average molecular weight is 296 g/mol. The van der Waals surface area contributed by atoms with Crippen molar-refractivity contribution in [1.29, 1.82) is 0 Å². The van der Waals surface area contributed by atoms with Crippen molar-refractivity contribution < 1.29 is 18.6 Å². The van der Waals surface area contributed by atoms with Crippen molar-refractivity contribution >= 4 is 15.9 Å². The zero-order valence-corrected chi connectivity index (χ0v) is 10.4. The molecule has 0 saturated heterocycles. The molecule has 0 aromatic heterocycles. The summed E-state index contributed by atoms with van der Waals surface area (Å²) in [7, 11) is 2.79. The van der Waals surface area contributed by atoms with Gasteiger partial charge in [0.2, 0.25) is 0 Å². The summed E-state index contributed by atoms with van der Waals surface area (Å²) in [5.41, 5.74) is -0.278. The summed E-state index contributed by atoms with van der Waals surface area (Å²) < 4.78 is 32.2. The van der Waals surface area contributed by atoms with Crippen LogP contribution in [0.15, 0.2) is 16.6 Å². The molecule has 6 heteroatoms. The monoisotopic (exact) mass is 295 g/mol. The van der Waals surface area contributed by atoms with Crippen LogP contribution in [0.3, 0.4) is 0 Å². The van der Waals surface area contributed by atoms with Crippen LogP contribution < -0.4 is 10.1 Å². The number of aromatic hydroxyl groups is 1. The first-order valence-corrected chi connectivity index (χ1v) is 5.31. The first-order chi connectivity index (χ1) is 7.42. The summed E-state index contributed by atoms with van der Waals surface area (Å²) in [5.74, 6) is -3.22. The van der Waals surface area contributed by atoms with Gasteiger partial charge in [0, 0.05) is 10.0 Å². The number of alkyl halides is 2. The maximum absolute atomic E-state index is 13.6. The number of hydrogen-bond donors (Lipinski definition) is 2. The summed E-state index contributed by atoms with van der Waals surface area (Å²) >= 11 is 3.03. The first-order valence-electron chi connectivity index (χ1n) is 4.51. The molecule has 3 nitrogen and oxygen atoms in total. The second-order valence-corrected chi connectivity index (χ2v) is 4.09. The van der Waals surface area contributed by atoms with Crippen LogP contribution >= 0.6 is 15.9 Å². The molecule has 0 unspecified atom stereocenters. The van der Waals surface area contributed by atoms with Crippen LogP contribution in [0.4, 0.5) is 8.78 Å². The SMILES string of the molecule is CNCC(F)(F)c1cc(O)c(OC)cc1Br. The van der Waals surface area contributed by atoms with E-state index in [-0.39, 0.29) is 21.5 Å². The standard InChI is InChI=1S/C10H12BrF2NO2/c1-14-5-10(12,13)6-3-8(15)9(16-2)4-7(6)11/h3-4,14-15H,5H2,1-2H3. The van der Waals surface area contributed by atoms with E-state index in [2.05, 4.69) is 21.2 Å². The van der Waals surface area contributed by atoms with Crippen molar-refractivity contribution in [1.82, 2.24) is 5.32 Å². The van der Waals surface area contributed by atoms with Gasteiger partial charge in [0.25, 0.3) is 5.92 Å². The highest BCUT2D eigenvalue weighted by Crippen LogP contribution is 2.39. The fraction of sp³-hybridized carbons (Fsp3) is 0.400. The molecule has 0 amide bonds. The molecule has 16 heavy (non-hydrogen) atoms. The van der Waals surface area contributed by atoms with Gasteiger partial charge in [0.1, 0.15) is 0 Å². The largest absolute Gasteiger partial charge is 0.504 e. The Morgan fingerprint density at radius 1 is 1.50 bits per heavy atom. The number of phenolic OH excluding ortho intramolecular Hbond substituents is 1. The van der Waals surface area contributed by atoms with E-state index in [1.807, 2.05) is 0 Å². The third-order valence-corrected chi connectivity index (χ3v) is 2.72. The number of phenols is 1. The van der Waals surface area contributed by atoms with Gasteiger partial charge in [-0.3, -0.25) is 0 Å². The van der Waals surface area contributed by atoms with E-state index in [0.717, 1.165) is 6.07 Å². The zero-order chi connectivity index (χ0) is 12.3. The summed E-state index contributed by atoms with van der Waals surface area (Å²) in [6.07, 6.45) is 0. The van der Waals surface area contributed by atoms with Crippen LogP contribution in [-0.4, -0.2) is 25.8 Å². The molecule has 0 atom stereocenters. The Labute approximate surface area is 101 Å². The molecule has 0 fully saturated rings. The number of nitrogens with one attached hydrogen (secondary N) is 1. The topological polar surface area (TPSA) is 41.5 Å². The van der Waals surface area contributed by atoms with Crippen molar-refractivity contribution in [2.45, 2.75) is 5.92 Å². The molecular formula is C10H12BrF2NO2. The first kappa shape index (κ1) is 13.2. The summed E-state index contributed by atoms with van der Waals surface area (Å²) in [6.45, 7) is -0.503. The van der Waals surface area contributed by atoms with Crippen molar-refractivity contribution in [2.24, 2.45) is 0 Å². The molecule has 2 N–H and O–H groups in total. The van der Waals surface area contributed by atoms with Gasteiger partial charge in [-0.25, -0.2) is 0 Å². The minimum Gasteiger partial charge on any atom is -0.504 e. The Bertz CT molecular complexity index is 385. The van der Waals surface area contributed by atoms with E-state index in [1.54, 1.807) is 0 Å². The minimum absolute atomic E-state index is 0.149. The van der Waals surface area contributed by atoms with E-state index >= 15 is 0 Å². The second kappa shape index (κ2) is 4.97. The molecular weight excluding hydrogens is 284 g/mol. The predicted molar refractivity (Wildman–Crippen MR) is 60.2 cm³/mol. The normalized spacial score (nSPS) is 11.6. The number of ether oxygens (including phenoxy) is 1. The average Bonchev–Trinajstić information content (AvgIpc) is 2.20. The fourth-order valence-corrected chi connectivity index (χ4v) is 1.92. The lowest BCUT2D eigenvalue weighted by atomic mass is 10.1. The van der Waals surface area contributed by atoms with Crippen LogP contribution in [-0.2, 0) is 5.92 Å². The Morgan fingerprint density at radius 2 is 2.12 bits per heavy atom. The van der Waals surface area contributed by atoms with E-state index in [4.69, 9.17) is 4.74 Å². The highest BCUT2D eigenvalue weighted by molar-refractivity contribution is 9.10. The van der Waals surface area contributed by atoms with Crippen LogP contribution in [0.2, 0.25) is 0 Å². The van der Waals surface area contributed by atoms with Gasteiger partial charge >= 0.3 is 0 Å². The molecule has 0 aliphatic heterocycles. The molecule has 1 rings (SSSR count). The molecule has 90 valence electrons. The molecule has 0 aliphatic rings. The number of halogens is 3. The lowest BCUT2D eigenvalue weighted by molar-refractivity contribution is -0.00223. The Hall–Kier alpha value is -0.880. The van der Waals surface area contributed by atoms with Gasteiger partial charge in [-0.2, -0.15) is 8.78 Å². The molecule has 0 saturated carbocycles. The molecule has 0 heterocycles. The van der Waals surface area contributed by atoms with Crippen molar-refractivity contribution in [3.05, 3.63) is 22.2 Å².